The fourth-order valence-corrected chi connectivity index (χ4v) is 4.54. The van der Waals surface area contributed by atoms with Crippen LogP contribution < -0.4 is 4.74 Å². The van der Waals surface area contributed by atoms with Crippen molar-refractivity contribution in [3.63, 3.8) is 0 Å². The fraction of sp³-hybridized carbons (Fsp3) is 0.409. The Kier molecular flexibility index (Phi) is 5.07. The number of fused-ring (bicyclic) bond motifs is 3. The Hall–Kier alpha value is -2.75. The van der Waals surface area contributed by atoms with E-state index in [0.29, 0.717) is 42.5 Å². The summed E-state index contributed by atoms with van der Waals surface area (Å²) >= 11 is 6.30. The highest BCUT2D eigenvalue weighted by atomic mass is 35.5. The van der Waals surface area contributed by atoms with Gasteiger partial charge >= 0.3 is 0 Å². The smallest absolute Gasteiger partial charge is 0.258 e. The zero-order valence-corrected chi connectivity index (χ0v) is 18.7. The molecule has 0 saturated carbocycles. The third-order valence-corrected chi connectivity index (χ3v) is 6.66. The standard InChI is InChI=1S/C22H23ClFN5O3/c1-11-20(23)12(2)29-21(25-11)15-7-28(8-16(15)26-29)22(31)14-5-4-13(24)6-18(14)32-19-10-27(3)9-17(19)30/h4-6,17,19,30H,7-10H2,1-3H3/t17?,19-/m0/s1. The number of halogens is 2. The number of likely N-dealkylation sites (tertiary alicyclic amines) is 1. The number of aliphatic hydroxyl groups is 1. The molecule has 1 aromatic carbocycles. The average Bonchev–Trinajstić information content (AvgIpc) is 3.39. The molecule has 3 aromatic rings. The molecular weight excluding hydrogens is 437 g/mol. The number of likely N-dealkylation sites (N-methyl/N-ethyl adjacent to an activating group) is 1. The van der Waals surface area contributed by atoms with Gasteiger partial charge in [0.2, 0.25) is 0 Å². The van der Waals surface area contributed by atoms with Crippen LogP contribution in [0.15, 0.2) is 18.2 Å². The van der Waals surface area contributed by atoms with Crippen LogP contribution in [0.5, 0.6) is 5.75 Å². The molecule has 8 nitrogen and oxygen atoms in total. The zero-order chi connectivity index (χ0) is 22.7. The first-order valence-corrected chi connectivity index (χ1v) is 10.8. The van der Waals surface area contributed by atoms with Crippen molar-refractivity contribution in [3.05, 3.63) is 57.2 Å². The van der Waals surface area contributed by atoms with Crippen molar-refractivity contribution in [2.45, 2.75) is 39.1 Å². The van der Waals surface area contributed by atoms with Crippen molar-refractivity contribution in [1.29, 1.82) is 0 Å². The van der Waals surface area contributed by atoms with E-state index in [1.807, 2.05) is 25.8 Å². The number of aryl methyl sites for hydroxylation is 2. The molecule has 168 valence electrons. The Morgan fingerprint density at radius 2 is 2.06 bits per heavy atom. The Bertz CT molecular complexity index is 1250. The van der Waals surface area contributed by atoms with Crippen LogP contribution in [-0.4, -0.2) is 67.8 Å². The summed E-state index contributed by atoms with van der Waals surface area (Å²) in [6.45, 7) is 5.30. The van der Waals surface area contributed by atoms with Crippen molar-refractivity contribution in [2.75, 3.05) is 20.1 Å². The number of hydrogen-bond acceptors (Lipinski definition) is 6. The van der Waals surface area contributed by atoms with Gasteiger partial charge in [-0.15, -0.1) is 0 Å². The lowest BCUT2D eigenvalue weighted by molar-refractivity contribution is 0.0666. The number of hydrogen-bond donors (Lipinski definition) is 1. The summed E-state index contributed by atoms with van der Waals surface area (Å²) in [7, 11) is 1.87. The second-order valence-electron chi connectivity index (χ2n) is 8.50. The van der Waals surface area contributed by atoms with E-state index in [1.54, 1.807) is 9.42 Å². The maximum absolute atomic E-state index is 14.0. The number of amides is 1. The van der Waals surface area contributed by atoms with Crippen molar-refractivity contribution in [2.24, 2.45) is 0 Å². The summed E-state index contributed by atoms with van der Waals surface area (Å²) < 4.78 is 21.6. The van der Waals surface area contributed by atoms with Crippen LogP contribution in [0, 0.1) is 19.7 Å². The quantitative estimate of drug-likeness (QED) is 0.647. The van der Waals surface area contributed by atoms with Gasteiger partial charge in [-0.05, 0) is 33.0 Å². The zero-order valence-electron chi connectivity index (χ0n) is 18.0. The van der Waals surface area contributed by atoms with E-state index in [4.69, 9.17) is 16.3 Å². The molecule has 32 heavy (non-hydrogen) atoms. The van der Waals surface area contributed by atoms with Gasteiger partial charge in [0, 0.05) is 24.7 Å². The van der Waals surface area contributed by atoms with E-state index in [2.05, 4.69) is 10.1 Å². The van der Waals surface area contributed by atoms with E-state index in [9.17, 15) is 14.3 Å². The fourth-order valence-electron chi connectivity index (χ4n) is 4.42. The van der Waals surface area contributed by atoms with Gasteiger partial charge in [0.05, 0.1) is 40.8 Å². The number of β-amino-alcohol motifs (C(OH)–C–C–N with tert-alkyl or cyclic N) is 1. The van der Waals surface area contributed by atoms with Crippen LogP contribution in [0.3, 0.4) is 0 Å². The topological polar surface area (TPSA) is 83.2 Å². The molecule has 4 heterocycles. The SMILES string of the molecule is Cc1nc2c3c(nn2c(C)c1Cl)CN(C(=O)c1ccc(F)cc1O[C@H]1CN(C)CC1O)C3. The monoisotopic (exact) mass is 459 g/mol. The summed E-state index contributed by atoms with van der Waals surface area (Å²) in [5.74, 6) is -0.670. The molecule has 5 rings (SSSR count). The normalized spacial score (nSPS) is 20.9. The number of carbonyl (C=O) groups excluding carboxylic acids is 1. The minimum Gasteiger partial charge on any atom is -0.485 e. The number of ether oxygens (including phenoxy) is 1. The summed E-state index contributed by atoms with van der Waals surface area (Å²) in [6.07, 6.45) is -1.24. The lowest BCUT2D eigenvalue weighted by Gasteiger charge is -2.21. The molecule has 2 aliphatic heterocycles. The molecular formula is C22H23ClFN5O3. The van der Waals surface area contributed by atoms with Gasteiger partial charge in [0.1, 0.15) is 23.8 Å². The highest BCUT2D eigenvalue weighted by Gasteiger charge is 2.34. The van der Waals surface area contributed by atoms with Gasteiger partial charge in [-0.1, -0.05) is 11.6 Å². The molecule has 1 fully saturated rings. The van der Waals surface area contributed by atoms with Gasteiger partial charge in [0.15, 0.2) is 5.65 Å². The minimum atomic E-state index is -0.708. The summed E-state index contributed by atoms with van der Waals surface area (Å²) in [6, 6.07) is 3.86. The van der Waals surface area contributed by atoms with Crippen LogP contribution in [-0.2, 0) is 13.1 Å². The molecule has 1 amide bonds. The molecule has 0 bridgehead atoms. The lowest BCUT2D eigenvalue weighted by atomic mass is 10.1. The maximum atomic E-state index is 14.0. The number of aliphatic hydroxyl groups excluding tert-OH is 1. The van der Waals surface area contributed by atoms with Crippen molar-refractivity contribution in [3.8, 4) is 5.75 Å². The van der Waals surface area contributed by atoms with E-state index in [-0.39, 0.29) is 17.2 Å². The molecule has 2 aliphatic rings. The number of carbonyl (C=O) groups is 1. The van der Waals surface area contributed by atoms with Gasteiger partial charge in [0.25, 0.3) is 5.91 Å². The van der Waals surface area contributed by atoms with Crippen molar-refractivity contribution < 1.29 is 19.0 Å². The van der Waals surface area contributed by atoms with Crippen LogP contribution in [0.2, 0.25) is 5.02 Å². The Labute approximate surface area is 189 Å². The van der Waals surface area contributed by atoms with Crippen LogP contribution in [0.4, 0.5) is 4.39 Å². The molecule has 10 heteroatoms. The van der Waals surface area contributed by atoms with Crippen LogP contribution in [0.25, 0.3) is 5.65 Å². The van der Waals surface area contributed by atoms with Crippen LogP contribution in [0.1, 0.15) is 33.0 Å². The molecule has 1 saturated heterocycles. The number of aromatic nitrogens is 3. The Morgan fingerprint density at radius 3 is 2.78 bits per heavy atom. The first-order valence-electron chi connectivity index (χ1n) is 10.4. The molecule has 0 aliphatic carbocycles. The highest BCUT2D eigenvalue weighted by molar-refractivity contribution is 6.31. The lowest BCUT2D eigenvalue weighted by Crippen LogP contribution is -2.32. The minimum absolute atomic E-state index is 0.129. The predicted molar refractivity (Wildman–Crippen MR) is 115 cm³/mol. The van der Waals surface area contributed by atoms with E-state index in [0.717, 1.165) is 17.0 Å². The number of nitrogens with zero attached hydrogens (tertiary/aromatic N) is 5. The molecule has 2 aromatic heterocycles. The van der Waals surface area contributed by atoms with E-state index < -0.39 is 18.0 Å². The largest absolute Gasteiger partial charge is 0.485 e. The second kappa shape index (κ2) is 7.68. The highest BCUT2D eigenvalue weighted by Crippen LogP contribution is 2.32. The summed E-state index contributed by atoms with van der Waals surface area (Å²) in [5.41, 5.74) is 4.07. The first kappa shape index (κ1) is 21.1. The third-order valence-electron chi connectivity index (χ3n) is 6.11. The van der Waals surface area contributed by atoms with Crippen LogP contribution >= 0.6 is 11.6 Å². The maximum Gasteiger partial charge on any atom is 0.258 e. The van der Waals surface area contributed by atoms with Crippen molar-refractivity contribution >= 4 is 23.2 Å². The molecule has 0 radical (unpaired) electrons. The predicted octanol–water partition coefficient (Wildman–Crippen LogP) is 2.35. The molecule has 1 N–H and O–H groups in total. The summed E-state index contributed by atoms with van der Waals surface area (Å²) in [5, 5.41) is 15.4. The van der Waals surface area contributed by atoms with Crippen molar-refractivity contribution in [1.82, 2.24) is 24.4 Å². The second-order valence-corrected chi connectivity index (χ2v) is 8.88. The van der Waals surface area contributed by atoms with Gasteiger partial charge in [-0.2, -0.15) is 5.10 Å². The average molecular weight is 460 g/mol. The number of rotatable bonds is 3. The van der Waals surface area contributed by atoms with E-state index in [1.165, 1.54) is 18.2 Å². The molecule has 1 unspecified atom stereocenters. The Balaban J connectivity index is 1.43. The molecule has 0 spiro atoms. The first-order chi connectivity index (χ1) is 15.2. The van der Waals surface area contributed by atoms with Gasteiger partial charge < -0.3 is 14.7 Å². The Morgan fingerprint density at radius 1 is 1.28 bits per heavy atom. The summed E-state index contributed by atoms with van der Waals surface area (Å²) in [4.78, 5) is 21.5. The number of benzene rings is 1. The van der Waals surface area contributed by atoms with Gasteiger partial charge in [-0.3, -0.25) is 9.69 Å². The van der Waals surface area contributed by atoms with Gasteiger partial charge in [-0.25, -0.2) is 13.9 Å². The molecule has 2 atom stereocenters. The third kappa shape index (κ3) is 3.41. The van der Waals surface area contributed by atoms with E-state index >= 15 is 0 Å².